The number of nitrogens with zero attached hydrogens (tertiary/aromatic N) is 3. The highest BCUT2D eigenvalue weighted by molar-refractivity contribution is 5.84. The SMILES string of the molecule is Cc1ccccc1N(CC(=O)O)CC(=O)N(C)N1Cc2ccccc2C1. The number of anilines is 1. The lowest BCUT2D eigenvalue weighted by molar-refractivity contribution is -0.145. The number of fused-ring (bicyclic) bond motifs is 1. The van der Waals surface area contributed by atoms with Gasteiger partial charge in [-0.2, -0.15) is 0 Å². The van der Waals surface area contributed by atoms with Crippen LogP contribution in [0.25, 0.3) is 0 Å². The maximum absolute atomic E-state index is 12.8. The Balaban J connectivity index is 1.72. The van der Waals surface area contributed by atoms with Crippen LogP contribution in [0.5, 0.6) is 0 Å². The molecule has 1 N–H and O–H groups in total. The molecule has 1 aliphatic heterocycles. The summed E-state index contributed by atoms with van der Waals surface area (Å²) < 4.78 is 0. The molecule has 2 aromatic rings. The van der Waals surface area contributed by atoms with Crippen LogP contribution in [0.3, 0.4) is 0 Å². The van der Waals surface area contributed by atoms with Crippen molar-refractivity contribution in [2.45, 2.75) is 20.0 Å². The molecule has 0 atom stereocenters. The molecule has 6 heteroatoms. The standard InChI is InChI=1S/C20H23N3O3/c1-15-7-3-6-10-18(15)22(14-20(25)26)13-19(24)21(2)23-11-16-8-4-5-9-17(16)12-23/h3-10H,11-14H2,1-2H3,(H,25,26). The van der Waals surface area contributed by atoms with E-state index in [4.69, 9.17) is 0 Å². The minimum atomic E-state index is -0.961. The zero-order valence-electron chi connectivity index (χ0n) is 15.1. The first-order valence-corrected chi connectivity index (χ1v) is 8.56. The van der Waals surface area contributed by atoms with Gasteiger partial charge in [0.1, 0.15) is 6.54 Å². The Kier molecular flexibility index (Phi) is 5.23. The van der Waals surface area contributed by atoms with Crippen molar-refractivity contribution in [1.29, 1.82) is 0 Å². The van der Waals surface area contributed by atoms with E-state index >= 15 is 0 Å². The summed E-state index contributed by atoms with van der Waals surface area (Å²) in [6.45, 7) is 3.07. The van der Waals surface area contributed by atoms with Crippen LogP contribution < -0.4 is 4.90 Å². The zero-order valence-corrected chi connectivity index (χ0v) is 15.1. The van der Waals surface area contributed by atoms with Crippen LogP contribution in [-0.2, 0) is 22.7 Å². The number of hydrogen-bond acceptors (Lipinski definition) is 4. The van der Waals surface area contributed by atoms with Gasteiger partial charge in [0.25, 0.3) is 5.91 Å². The van der Waals surface area contributed by atoms with Crippen LogP contribution in [0.1, 0.15) is 16.7 Å². The molecule has 136 valence electrons. The van der Waals surface area contributed by atoms with Gasteiger partial charge in [-0.05, 0) is 29.7 Å². The van der Waals surface area contributed by atoms with Crippen LogP contribution in [0, 0.1) is 6.92 Å². The molecular formula is C20H23N3O3. The van der Waals surface area contributed by atoms with Crippen LogP contribution in [0.15, 0.2) is 48.5 Å². The van der Waals surface area contributed by atoms with Gasteiger partial charge < -0.3 is 10.0 Å². The molecule has 1 aliphatic rings. The number of aryl methyl sites for hydroxylation is 1. The summed E-state index contributed by atoms with van der Waals surface area (Å²) in [6, 6.07) is 15.6. The molecule has 0 radical (unpaired) electrons. The molecule has 0 spiro atoms. The van der Waals surface area contributed by atoms with Crippen molar-refractivity contribution < 1.29 is 14.7 Å². The number of hydrazine groups is 1. The van der Waals surface area contributed by atoms with Crippen LogP contribution in [0.4, 0.5) is 5.69 Å². The van der Waals surface area contributed by atoms with Crippen molar-refractivity contribution in [2.75, 3.05) is 25.0 Å². The average molecular weight is 353 g/mol. The molecule has 2 aromatic carbocycles. The Morgan fingerprint density at radius 1 is 1.00 bits per heavy atom. The number of para-hydroxylation sites is 1. The predicted octanol–water partition coefficient (Wildman–Crippen LogP) is 2.28. The van der Waals surface area contributed by atoms with E-state index in [1.807, 2.05) is 48.3 Å². The summed E-state index contributed by atoms with van der Waals surface area (Å²) in [5.41, 5.74) is 4.14. The molecule has 3 rings (SSSR count). The topological polar surface area (TPSA) is 64.1 Å². The Morgan fingerprint density at radius 2 is 1.58 bits per heavy atom. The maximum atomic E-state index is 12.8. The van der Waals surface area contributed by atoms with Gasteiger partial charge in [0, 0.05) is 25.8 Å². The third-order valence-corrected chi connectivity index (χ3v) is 4.72. The molecule has 0 fully saturated rings. The number of carbonyl (C=O) groups excluding carboxylic acids is 1. The highest BCUT2D eigenvalue weighted by atomic mass is 16.4. The lowest BCUT2D eigenvalue weighted by Gasteiger charge is -2.31. The summed E-state index contributed by atoms with van der Waals surface area (Å²) in [6.07, 6.45) is 0. The summed E-state index contributed by atoms with van der Waals surface area (Å²) in [4.78, 5) is 25.7. The van der Waals surface area contributed by atoms with Gasteiger partial charge in [-0.1, -0.05) is 42.5 Å². The lowest BCUT2D eigenvalue weighted by atomic mass is 10.1. The monoisotopic (exact) mass is 353 g/mol. The number of amides is 1. The lowest BCUT2D eigenvalue weighted by Crippen LogP contribution is -2.47. The first-order valence-electron chi connectivity index (χ1n) is 8.56. The third kappa shape index (κ3) is 3.86. The van der Waals surface area contributed by atoms with Crippen molar-refractivity contribution in [1.82, 2.24) is 10.0 Å². The molecule has 26 heavy (non-hydrogen) atoms. The minimum Gasteiger partial charge on any atom is -0.480 e. The summed E-state index contributed by atoms with van der Waals surface area (Å²) in [5, 5.41) is 12.8. The van der Waals surface area contributed by atoms with E-state index in [0.717, 1.165) is 11.3 Å². The predicted molar refractivity (Wildman–Crippen MR) is 99.5 cm³/mol. The van der Waals surface area contributed by atoms with Gasteiger partial charge in [-0.15, -0.1) is 0 Å². The second-order valence-electron chi connectivity index (χ2n) is 6.55. The van der Waals surface area contributed by atoms with Crippen LogP contribution in [0.2, 0.25) is 0 Å². The number of carbonyl (C=O) groups is 2. The number of hydrogen-bond donors (Lipinski definition) is 1. The molecule has 0 aromatic heterocycles. The van der Waals surface area contributed by atoms with Crippen molar-refractivity contribution in [3.8, 4) is 0 Å². The quantitative estimate of drug-likeness (QED) is 0.863. The van der Waals surface area contributed by atoms with E-state index < -0.39 is 5.97 Å². The number of likely N-dealkylation sites (N-methyl/N-ethyl adjacent to an activating group) is 1. The number of carboxylic acids is 1. The Bertz CT molecular complexity index is 796. The molecular weight excluding hydrogens is 330 g/mol. The largest absolute Gasteiger partial charge is 0.480 e. The third-order valence-electron chi connectivity index (χ3n) is 4.72. The van der Waals surface area contributed by atoms with Gasteiger partial charge in [-0.3, -0.25) is 14.6 Å². The molecule has 0 unspecified atom stereocenters. The number of benzene rings is 2. The molecule has 0 bridgehead atoms. The maximum Gasteiger partial charge on any atom is 0.323 e. The first-order chi connectivity index (χ1) is 12.5. The number of carboxylic acid groups (broad SMARTS) is 1. The van der Waals surface area contributed by atoms with E-state index in [1.165, 1.54) is 11.1 Å². The van der Waals surface area contributed by atoms with Crippen molar-refractivity contribution >= 4 is 17.6 Å². The highest BCUT2D eigenvalue weighted by Crippen LogP contribution is 2.24. The molecule has 0 saturated carbocycles. The van der Waals surface area contributed by atoms with Gasteiger partial charge in [-0.25, -0.2) is 5.01 Å². The van der Waals surface area contributed by atoms with Gasteiger partial charge in [0.05, 0.1) is 6.54 Å². The van der Waals surface area contributed by atoms with Crippen molar-refractivity contribution in [3.05, 3.63) is 65.2 Å². The van der Waals surface area contributed by atoms with E-state index in [9.17, 15) is 14.7 Å². The van der Waals surface area contributed by atoms with E-state index in [0.29, 0.717) is 13.1 Å². The average Bonchev–Trinajstić information content (AvgIpc) is 3.04. The normalized spacial score (nSPS) is 13.3. The fourth-order valence-corrected chi connectivity index (χ4v) is 3.26. The fourth-order valence-electron chi connectivity index (χ4n) is 3.26. The summed E-state index contributed by atoms with van der Waals surface area (Å²) in [5.74, 6) is -1.10. The van der Waals surface area contributed by atoms with Crippen LogP contribution >= 0.6 is 0 Å². The second kappa shape index (κ2) is 7.58. The molecule has 6 nitrogen and oxygen atoms in total. The van der Waals surface area contributed by atoms with Gasteiger partial charge in [0.15, 0.2) is 0 Å². The smallest absolute Gasteiger partial charge is 0.323 e. The van der Waals surface area contributed by atoms with E-state index in [1.54, 1.807) is 17.0 Å². The zero-order chi connectivity index (χ0) is 18.7. The Morgan fingerprint density at radius 3 is 2.15 bits per heavy atom. The Hall–Kier alpha value is -2.86. The van der Waals surface area contributed by atoms with Crippen molar-refractivity contribution in [3.63, 3.8) is 0 Å². The number of rotatable bonds is 6. The number of aliphatic carboxylic acids is 1. The van der Waals surface area contributed by atoms with Gasteiger partial charge in [0.2, 0.25) is 0 Å². The summed E-state index contributed by atoms with van der Waals surface area (Å²) in [7, 11) is 1.74. The molecule has 0 aliphatic carbocycles. The molecule has 1 amide bonds. The summed E-state index contributed by atoms with van der Waals surface area (Å²) >= 11 is 0. The first kappa shape index (κ1) is 17.9. The van der Waals surface area contributed by atoms with Gasteiger partial charge >= 0.3 is 5.97 Å². The second-order valence-corrected chi connectivity index (χ2v) is 6.55. The van der Waals surface area contributed by atoms with Crippen LogP contribution in [-0.4, -0.2) is 47.1 Å². The van der Waals surface area contributed by atoms with E-state index in [-0.39, 0.29) is 19.0 Å². The van der Waals surface area contributed by atoms with Crippen molar-refractivity contribution in [2.24, 2.45) is 0 Å². The Labute approximate surface area is 153 Å². The fraction of sp³-hybridized carbons (Fsp3) is 0.300. The molecule has 1 heterocycles. The molecule has 0 saturated heterocycles. The highest BCUT2D eigenvalue weighted by Gasteiger charge is 2.26. The minimum absolute atomic E-state index is 0.0144. The van der Waals surface area contributed by atoms with E-state index in [2.05, 4.69) is 12.1 Å².